The lowest BCUT2D eigenvalue weighted by Crippen LogP contribution is -2.32. The van der Waals surface area contributed by atoms with Crippen molar-refractivity contribution in [2.45, 2.75) is 13.8 Å². The molecular weight excluding hydrogens is 324 g/mol. The number of amides is 2. The molecule has 2 amide bonds. The van der Waals surface area contributed by atoms with Crippen molar-refractivity contribution in [2.24, 2.45) is 19.8 Å². The normalized spacial score (nSPS) is 11.0. The maximum absolute atomic E-state index is 12.7. The van der Waals surface area contributed by atoms with Gasteiger partial charge in [-0.25, -0.2) is 4.52 Å². The molecule has 0 aliphatic carbocycles. The van der Waals surface area contributed by atoms with Crippen LogP contribution >= 0.6 is 0 Å². The first kappa shape index (κ1) is 16.5. The van der Waals surface area contributed by atoms with E-state index in [0.717, 1.165) is 0 Å². The van der Waals surface area contributed by atoms with E-state index in [4.69, 9.17) is 5.73 Å². The fraction of sp³-hybridized carbons (Fsp3) is 0.250. The third kappa shape index (κ3) is 2.40. The summed E-state index contributed by atoms with van der Waals surface area (Å²) in [5.41, 5.74) is 6.96. The summed E-state index contributed by atoms with van der Waals surface area (Å²) in [6, 6.07) is 0. The summed E-state index contributed by atoms with van der Waals surface area (Å²) >= 11 is 0. The Hall–Kier alpha value is -3.36. The lowest BCUT2D eigenvalue weighted by atomic mass is 10.1. The van der Waals surface area contributed by atoms with Gasteiger partial charge in [0.1, 0.15) is 16.8 Å². The van der Waals surface area contributed by atoms with Crippen molar-refractivity contribution in [2.75, 3.05) is 5.32 Å². The third-order valence-electron chi connectivity index (χ3n) is 4.40. The number of carbonyl (C=O) groups excluding carboxylic acids is 2. The van der Waals surface area contributed by atoms with E-state index in [1.807, 2.05) is 7.05 Å². The van der Waals surface area contributed by atoms with E-state index in [1.54, 1.807) is 35.3 Å². The van der Waals surface area contributed by atoms with Crippen molar-refractivity contribution in [1.82, 2.24) is 18.7 Å². The van der Waals surface area contributed by atoms with E-state index >= 15 is 0 Å². The van der Waals surface area contributed by atoms with Crippen LogP contribution in [0, 0.1) is 13.8 Å². The Morgan fingerprint density at radius 2 is 1.88 bits per heavy atom. The van der Waals surface area contributed by atoms with Gasteiger partial charge in [-0.15, -0.1) is 0 Å². The van der Waals surface area contributed by atoms with Crippen LogP contribution in [0.3, 0.4) is 0 Å². The molecule has 3 rings (SSSR count). The average Bonchev–Trinajstić information content (AvgIpc) is 3.12. The number of nitrogens with two attached hydrogens (primary N) is 1. The van der Waals surface area contributed by atoms with Gasteiger partial charge in [0, 0.05) is 32.2 Å². The highest BCUT2D eigenvalue weighted by Crippen LogP contribution is 2.22. The van der Waals surface area contributed by atoms with Crippen molar-refractivity contribution in [3.05, 3.63) is 51.3 Å². The second-order valence-corrected chi connectivity index (χ2v) is 5.88. The van der Waals surface area contributed by atoms with E-state index < -0.39 is 17.4 Å². The Labute approximate surface area is 142 Å². The third-order valence-corrected chi connectivity index (χ3v) is 4.40. The summed E-state index contributed by atoms with van der Waals surface area (Å²) < 4.78 is 4.65. The van der Waals surface area contributed by atoms with Crippen molar-refractivity contribution in [1.29, 1.82) is 0 Å². The zero-order valence-electron chi connectivity index (χ0n) is 14.3. The monoisotopic (exact) mass is 342 g/mol. The number of aryl methyl sites for hydroxylation is 1. The fourth-order valence-corrected chi connectivity index (χ4v) is 2.91. The number of fused-ring (bicyclic) bond motifs is 1. The highest BCUT2D eigenvalue weighted by Gasteiger charge is 2.22. The van der Waals surface area contributed by atoms with Crippen LogP contribution in [0.2, 0.25) is 0 Å². The summed E-state index contributed by atoms with van der Waals surface area (Å²) in [5, 5.41) is 6.91. The molecule has 3 N–H and O–H groups in total. The van der Waals surface area contributed by atoms with E-state index in [-0.39, 0.29) is 5.56 Å². The number of imidazole rings is 1. The largest absolute Gasteiger partial charge is 0.365 e. The Balaban J connectivity index is 2.12. The zero-order chi connectivity index (χ0) is 18.5. The summed E-state index contributed by atoms with van der Waals surface area (Å²) in [5.74, 6) is -1.22. The molecule has 3 aromatic rings. The standard InChI is InChI=1S/C16H18N6O3/c1-8-11(13(17)23)16(25)21(4)9(2)12(8)19-14(24)10-7-18-22-6-5-20(3)15(10)22/h5-7H,1-4H3,(H2,17,23)(H,19,24). The number of aromatic nitrogens is 4. The molecule has 0 aliphatic rings. The minimum absolute atomic E-state index is 0.137. The van der Waals surface area contributed by atoms with Crippen molar-refractivity contribution in [3.8, 4) is 0 Å². The molecular formula is C16H18N6O3. The molecule has 0 unspecified atom stereocenters. The lowest BCUT2D eigenvalue weighted by molar-refractivity contribution is 0.0993. The fourth-order valence-electron chi connectivity index (χ4n) is 2.91. The topological polar surface area (TPSA) is 116 Å². The van der Waals surface area contributed by atoms with Crippen molar-refractivity contribution >= 4 is 23.1 Å². The number of primary amides is 1. The summed E-state index contributed by atoms with van der Waals surface area (Å²) in [6.07, 6.45) is 4.99. The SMILES string of the molecule is Cc1c(NC(=O)c2cnn3ccn(C)c23)c(C)n(C)c(=O)c1C(N)=O. The first-order valence-corrected chi connectivity index (χ1v) is 7.54. The molecule has 25 heavy (non-hydrogen) atoms. The number of rotatable bonds is 3. The van der Waals surface area contributed by atoms with Crippen LogP contribution in [0.1, 0.15) is 32.0 Å². The summed E-state index contributed by atoms with van der Waals surface area (Å²) in [7, 11) is 3.33. The smallest absolute Gasteiger partial charge is 0.263 e. The van der Waals surface area contributed by atoms with Gasteiger partial charge >= 0.3 is 0 Å². The van der Waals surface area contributed by atoms with Gasteiger partial charge in [-0.1, -0.05) is 0 Å². The van der Waals surface area contributed by atoms with Crippen LogP contribution in [-0.4, -0.2) is 30.6 Å². The van der Waals surface area contributed by atoms with E-state index in [2.05, 4.69) is 10.4 Å². The van der Waals surface area contributed by atoms with Gasteiger partial charge in [0.25, 0.3) is 17.4 Å². The Morgan fingerprint density at radius 3 is 2.52 bits per heavy atom. The van der Waals surface area contributed by atoms with E-state index in [1.165, 1.54) is 17.8 Å². The number of anilines is 1. The van der Waals surface area contributed by atoms with Crippen LogP contribution in [0.25, 0.3) is 5.65 Å². The number of nitrogens with zero attached hydrogens (tertiary/aromatic N) is 4. The van der Waals surface area contributed by atoms with E-state index in [9.17, 15) is 14.4 Å². The minimum atomic E-state index is -0.830. The molecule has 3 aromatic heterocycles. The molecule has 130 valence electrons. The Morgan fingerprint density at radius 1 is 1.20 bits per heavy atom. The van der Waals surface area contributed by atoms with Crippen molar-refractivity contribution < 1.29 is 9.59 Å². The quantitative estimate of drug-likeness (QED) is 0.714. The molecule has 0 aliphatic heterocycles. The predicted octanol–water partition coefficient (Wildman–Crippen LogP) is 0.340. The van der Waals surface area contributed by atoms with Crippen molar-refractivity contribution in [3.63, 3.8) is 0 Å². The van der Waals surface area contributed by atoms with Crippen LogP contribution in [0.15, 0.2) is 23.4 Å². The Kier molecular flexibility index (Phi) is 3.71. The highest BCUT2D eigenvalue weighted by molar-refractivity contribution is 6.09. The summed E-state index contributed by atoms with van der Waals surface area (Å²) in [6.45, 7) is 3.27. The molecule has 0 bridgehead atoms. The summed E-state index contributed by atoms with van der Waals surface area (Å²) in [4.78, 5) is 36.6. The van der Waals surface area contributed by atoms with Gasteiger partial charge in [-0.05, 0) is 19.4 Å². The molecule has 9 nitrogen and oxygen atoms in total. The number of hydrogen-bond acceptors (Lipinski definition) is 4. The van der Waals surface area contributed by atoms with Gasteiger partial charge < -0.3 is 20.2 Å². The zero-order valence-corrected chi connectivity index (χ0v) is 14.3. The average molecular weight is 342 g/mol. The van der Waals surface area contributed by atoms with Gasteiger partial charge in [-0.2, -0.15) is 5.10 Å². The molecule has 0 saturated heterocycles. The maximum atomic E-state index is 12.7. The van der Waals surface area contributed by atoms with Crippen LogP contribution in [-0.2, 0) is 14.1 Å². The second-order valence-electron chi connectivity index (χ2n) is 5.88. The number of hydrogen-bond donors (Lipinski definition) is 2. The Bertz CT molecular complexity index is 1090. The molecule has 0 aromatic carbocycles. The van der Waals surface area contributed by atoms with Gasteiger partial charge in [-0.3, -0.25) is 14.4 Å². The first-order chi connectivity index (χ1) is 11.7. The molecule has 9 heteroatoms. The number of pyridine rings is 1. The highest BCUT2D eigenvalue weighted by atomic mass is 16.2. The molecule has 0 atom stereocenters. The van der Waals surface area contributed by atoms with Crippen LogP contribution in [0.5, 0.6) is 0 Å². The van der Waals surface area contributed by atoms with Gasteiger partial charge in [0.15, 0.2) is 0 Å². The van der Waals surface area contributed by atoms with Gasteiger partial charge in [0.2, 0.25) is 0 Å². The van der Waals surface area contributed by atoms with Crippen LogP contribution in [0.4, 0.5) is 5.69 Å². The number of nitrogens with one attached hydrogen (secondary N) is 1. The molecule has 0 fully saturated rings. The first-order valence-electron chi connectivity index (χ1n) is 7.54. The van der Waals surface area contributed by atoms with E-state index in [0.29, 0.717) is 28.2 Å². The molecule has 0 saturated carbocycles. The molecule has 0 radical (unpaired) electrons. The maximum Gasteiger partial charge on any atom is 0.263 e. The van der Waals surface area contributed by atoms with Gasteiger partial charge in [0.05, 0.1) is 11.9 Å². The van der Waals surface area contributed by atoms with Crippen LogP contribution < -0.4 is 16.6 Å². The molecule has 3 heterocycles. The predicted molar refractivity (Wildman–Crippen MR) is 91.8 cm³/mol. The molecule has 0 spiro atoms. The number of carbonyl (C=O) groups is 2. The minimum Gasteiger partial charge on any atom is -0.365 e. The second kappa shape index (κ2) is 5.62. The lowest BCUT2D eigenvalue weighted by Gasteiger charge is -2.16.